The number of carbonyl (C=O) groups is 1. The fourth-order valence-corrected chi connectivity index (χ4v) is 2.58. The molecule has 1 aliphatic rings. The van der Waals surface area contributed by atoms with E-state index in [1.165, 1.54) is 12.8 Å². The smallest absolute Gasteiger partial charge is 0.287 e. The van der Waals surface area contributed by atoms with Gasteiger partial charge in [0.25, 0.3) is 5.91 Å². The first kappa shape index (κ1) is 12.2. The van der Waals surface area contributed by atoms with E-state index in [0.717, 1.165) is 12.2 Å². The normalized spacial score (nSPS) is 29.0. The molecule has 3 nitrogen and oxygen atoms in total. The molecular formula is C14H21NO2. The quantitative estimate of drug-likeness (QED) is 0.855. The van der Waals surface area contributed by atoms with Gasteiger partial charge in [-0.1, -0.05) is 26.7 Å². The van der Waals surface area contributed by atoms with Gasteiger partial charge in [0.15, 0.2) is 5.76 Å². The lowest BCUT2D eigenvalue weighted by molar-refractivity contribution is 0.0861. The predicted molar refractivity (Wildman–Crippen MR) is 66.9 cm³/mol. The first-order valence-electron chi connectivity index (χ1n) is 6.45. The average Bonchev–Trinajstić information content (AvgIpc) is 2.72. The Bertz CT molecular complexity index is 397. The number of rotatable bonds is 2. The standard InChI is InChI=1S/C14H21NO2/c1-9-5-4-6-12(11(9)3)15-14(16)13-8-7-10(2)17-13/h7-9,11-12H,4-6H2,1-3H3,(H,15,16)/t9-,11+,12+/m0/s1. The number of hydrogen-bond donors (Lipinski definition) is 1. The molecule has 2 rings (SSSR count). The molecule has 0 saturated heterocycles. The maximum absolute atomic E-state index is 12.0. The summed E-state index contributed by atoms with van der Waals surface area (Å²) >= 11 is 0. The van der Waals surface area contributed by atoms with Crippen LogP contribution in [0.25, 0.3) is 0 Å². The number of furan rings is 1. The molecule has 0 radical (unpaired) electrons. The topological polar surface area (TPSA) is 42.2 Å². The predicted octanol–water partition coefficient (Wildman–Crippen LogP) is 3.14. The Kier molecular flexibility index (Phi) is 3.55. The maximum Gasteiger partial charge on any atom is 0.287 e. The van der Waals surface area contributed by atoms with Crippen molar-refractivity contribution in [3.8, 4) is 0 Å². The molecule has 1 aliphatic carbocycles. The van der Waals surface area contributed by atoms with Gasteiger partial charge in [0, 0.05) is 6.04 Å². The van der Waals surface area contributed by atoms with E-state index in [9.17, 15) is 4.79 Å². The second kappa shape index (κ2) is 4.94. The fourth-order valence-electron chi connectivity index (χ4n) is 2.58. The van der Waals surface area contributed by atoms with Gasteiger partial charge in [-0.15, -0.1) is 0 Å². The Labute approximate surface area is 103 Å². The van der Waals surface area contributed by atoms with Crippen molar-refractivity contribution in [3.05, 3.63) is 23.7 Å². The fraction of sp³-hybridized carbons (Fsp3) is 0.643. The Hall–Kier alpha value is -1.25. The van der Waals surface area contributed by atoms with Gasteiger partial charge in [-0.05, 0) is 37.3 Å². The van der Waals surface area contributed by atoms with Crippen molar-refractivity contribution in [3.63, 3.8) is 0 Å². The van der Waals surface area contributed by atoms with Gasteiger partial charge in [0.2, 0.25) is 0 Å². The molecule has 3 atom stereocenters. The first-order valence-corrected chi connectivity index (χ1v) is 6.45. The second-order valence-electron chi connectivity index (χ2n) is 5.26. The Morgan fingerprint density at radius 1 is 1.35 bits per heavy atom. The Morgan fingerprint density at radius 2 is 2.12 bits per heavy atom. The summed E-state index contributed by atoms with van der Waals surface area (Å²) in [4.78, 5) is 12.0. The summed E-state index contributed by atoms with van der Waals surface area (Å²) in [6.07, 6.45) is 3.55. The van der Waals surface area contributed by atoms with Crippen molar-refractivity contribution in [2.45, 2.75) is 46.1 Å². The number of nitrogens with one attached hydrogen (secondary N) is 1. The molecule has 1 fully saturated rings. The molecule has 17 heavy (non-hydrogen) atoms. The summed E-state index contributed by atoms with van der Waals surface area (Å²) in [6, 6.07) is 3.85. The molecule has 1 heterocycles. The summed E-state index contributed by atoms with van der Waals surface area (Å²) < 4.78 is 5.34. The molecule has 1 aromatic heterocycles. The highest BCUT2D eigenvalue weighted by Gasteiger charge is 2.28. The molecule has 0 bridgehead atoms. The van der Waals surface area contributed by atoms with Crippen molar-refractivity contribution in [2.24, 2.45) is 11.8 Å². The van der Waals surface area contributed by atoms with Crippen molar-refractivity contribution < 1.29 is 9.21 Å². The van der Waals surface area contributed by atoms with E-state index in [1.54, 1.807) is 6.07 Å². The van der Waals surface area contributed by atoms with Crippen LogP contribution < -0.4 is 5.32 Å². The van der Waals surface area contributed by atoms with Gasteiger partial charge >= 0.3 is 0 Å². The summed E-state index contributed by atoms with van der Waals surface area (Å²) in [5.41, 5.74) is 0. The van der Waals surface area contributed by atoms with Gasteiger partial charge in [-0.2, -0.15) is 0 Å². The van der Waals surface area contributed by atoms with Gasteiger partial charge in [-0.25, -0.2) is 0 Å². The van der Waals surface area contributed by atoms with Crippen LogP contribution in [0, 0.1) is 18.8 Å². The third-order valence-electron chi connectivity index (χ3n) is 3.99. The number of amides is 1. The number of aryl methyl sites for hydroxylation is 1. The van der Waals surface area contributed by atoms with Crippen LogP contribution in [0.1, 0.15) is 49.4 Å². The molecule has 0 spiro atoms. The highest BCUT2D eigenvalue weighted by molar-refractivity contribution is 5.91. The average molecular weight is 235 g/mol. The first-order chi connectivity index (χ1) is 8.08. The molecule has 0 unspecified atom stereocenters. The van der Waals surface area contributed by atoms with Gasteiger partial charge in [0.1, 0.15) is 5.76 Å². The highest BCUT2D eigenvalue weighted by Crippen LogP contribution is 2.29. The largest absolute Gasteiger partial charge is 0.456 e. The molecule has 3 heteroatoms. The van der Waals surface area contributed by atoms with E-state index < -0.39 is 0 Å². The minimum Gasteiger partial charge on any atom is -0.456 e. The lowest BCUT2D eigenvalue weighted by atomic mass is 9.78. The van der Waals surface area contributed by atoms with Crippen molar-refractivity contribution in [1.29, 1.82) is 0 Å². The van der Waals surface area contributed by atoms with Crippen molar-refractivity contribution in [2.75, 3.05) is 0 Å². The number of carbonyl (C=O) groups excluding carboxylic acids is 1. The second-order valence-corrected chi connectivity index (χ2v) is 5.26. The van der Waals surface area contributed by atoms with Crippen LogP contribution in [0.4, 0.5) is 0 Å². The Balaban J connectivity index is 1.98. The summed E-state index contributed by atoms with van der Waals surface area (Å²) in [5, 5.41) is 3.10. The van der Waals surface area contributed by atoms with Crippen LogP contribution in [0.15, 0.2) is 16.5 Å². The lowest BCUT2D eigenvalue weighted by Crippen LogP contribution is -2.43. The summed E-state index contributed by atoms with van der Waals surface area (Å²) in [7, 11) is 0. The van der Waals surface area contributed by atoms with Gasteiger partial charge in [-0.3, -0.25) is 4.79 Å². The maximum atomic E-state index is 12.0. The van der Waals surface area contributed by atoms with Crippen LogP contribution in [0.2, 0.25) is 0 Å². The monoisotopic (exact) mass is 235 g/mol. The highest BCUT2D eigenvalue weighted by atomic mass is 16.3. The van der Waals surface area contributed by atoms with E-state index in [0.29, 0.717) is 17.6 Å². The molecule has 0 aromatic carbocycles. The minimum absolute atomic E-state index is 0.0796. The SMILES string of the molecule is Cc1ccc(C(=O)N[C@@H]2CCC[C@H](C)[C@H]2C)o1. The van der Waals surface area contributed by atoms with Crippen molar-refractivity contribution >= 4 is 5.91 Å². The van der Waals surface area contributed by atoms with Crippen LogP contribution in [-0.4, -0.2) is 11.9 Å². The van der Waals surface area contributed by atoms with Crippen molar-refractivity contribution in [1.82, 2.24) is 5.32 Å². The van der Waals surface area contributed by atoms with Crippen LogP contribution >= 0.6 is 0 Å². The minimum atomic E-state index is -0.0796. The molecule has 1 saturated carbocycles. The zero-order valence-corrected chi connectivity index (χ0v) is 10.8. The molecule has 1 amide bonds. The molecule has 1 aromatic rings. The Morgan fingerprint density at radius 3 is 2.76 bits per heavy atom. The van der Waals surface area contributed by atoms with E-state index in [-0.39, 0.29) is 11.9 Å². The van der Waals surface area contributed by atoms with Gasteiger partial charge in [0.05, 0.1) is 0 Å². The molecule has 94 valence electrons. The van der Waals surface area contributed by atoms with Gasteiger partial charge < -0.3 is 9.73 Å². The molecule has 1 N–H and O–H groups in total. The van der Waals surface area contributed by atoms with Crippen LogP contribution in [-0.2, 0) is 0 Å². The molecular weight excluding hydrogens is 214 g/mol. The molecule has 0 aliphatic heterocycles. The third kappa shape index (κ3) is 2.71. The zero-order valence-electron chi connectivity index (χ0n) is 10.8. The lowest BCUT2D eigenvalue weighted by Gasteiger charge is -2.34. The van der Waals surface area contributed by atoms with Crippen LogP contribution in [0.3, 0.4) is 0 Å². The third-order valence-corrected chi connectivity index (χ3v) is 3.99. The number of hydrogen-bond acceptors (Lipinski definition) is 2. The van der Waals surface area contributed by atoms with E-state index in [4.69, 9.17) is 4.42 Å². The van der Waals surface area contributed by atoms with E-state index in [2.05, 4.69) is 19.2 Å². The van der Waals surface area contributed by atoms with E-state index in [1.807, 2.05) is 13.0 Å². The van der Waals surface area contributed by atoms with E-state index >= 15 is 0 Å². The summed E-state index contributed by atoms with van der Waals surface area (Å²) in [6.45, 7) is 6.34. The van der Waals surface area contributed by atoms with Crippen LogP contribution in [0.5, 0.6) is 0 Å². The summed E-state index contributed by atoms with van der Waals surface area (Å²) in [5.74, 6) is 2.35. The zero-order chi connectivity index (χ0) is 12.4.